The van der Waals surface area contributed by atoms with E-state index in [2.05, 4.69) is 22.3 Å². The Morgan fingerprint density at radius 1 is 1.00 bits per heavy atom. The molecule has 3 aliphatic rings. The predicted molar refractivity (Wildman–Crippen MR) is 140 cm³/mol. The summed E-state index contributed by atoms with van der Waals surface area (Å²) in [4.78, 5) is 30.4. The fourth-order valence-corrected chi connectivity index (χ4v) is 6.81. The van der Waals surface area contributed by atoms with Gasteiger partial charge in [-0.05, 0) is 42.4 Å². The van der Waals surface area contributed by atoms with Crippen molar-refractivity contribution in [2.75, 3.05) is 52.2 Å². The first-order valence-corrected chi connectivity index (χ1v) is 14.9. The standard InChI is InChI=1S/C28H35N3O5S/c1-37(34,35)26-10-6-5-9-24(26)28(33)31-17-22-15-30(16-23(22)18-31)13-11-25(20-7-3-2-4-8-20)29-27(32)21-12-14-36-19-21/h2-10,21-23,25H,11-19H2,1H3,(H,29,32)/t21?,22-,23?,25?/m0/s1. The molecule has 3 saturated heterocycles. The van der Waals surface area contributed by atoms with E-state index in [-0.39, 0.29) is 34.2 Å². The lowest BCUT2D eigenvalue weighted by Crippen LogP contribution is -2.37. The molecule has 0 aliphatic carbocycles. The summed E-state index contributed by atoms with van der Waals surface area (Å²) in [5, 5.41) is 3.26. The van der Waals surface area contributed by atoms with Crippen LogP contribution in [0.15, 0.2) is 59.5 Å². The molecular formula is C28H35N3O5S. The third-order valence-corrected chi connectivity index (χ3v) is 9.07. The molecule has 2 aromatic rings. The van der Waals surface area contributed by atoms with E-state index >= 15 is 0 Å². The summed E-state index contributed by atoms with van der Waals surface area (Å²) < 4.78 is 29.7. The van der Waals surface area contributed by atoms with Crippen LogP contribution in [-0.2, 0) is 19.4 Å². The molecule has 2 amide bonds. The average Bonchev–Trinajstić information content (AvgIpc) is 3.63. The summed E-state index contributed by atoms with van der Waals surface area (Å²) in [6.07, 6.45) is 2.72. The maximum absolute atomic E-state index is 13.2. The number of rotatable bonds is 8. The first-order valence-electron chi connectivity index (χ1n) is 13.0. The zero-order valence-electron chi connectivity index (χ0n) is 21.2. The van der Waals surface area contributed by atoms with Gasteiger partial charge in [0.15, 0.2) is 9.84 Å². The number of benzene rings is 2. The number of nitrogens with zero attached hydrogens (tertiary/aromatic N) is 2. The first kappa shape index (κ1) is 25.9. The number of fused-ring (bicyclic) bond motifs is 1. The Morgan fingerprint density at radius 3 is 2.32 bits per heavy atom. The minimum absolute atomic E-state index is 0.0553. The topological polar surface area (TPSA) is 96.0 Å². The number of hydrogen-bond donors (Lipinski definition) is 1. The van der Waals surface area contributed by atoms with Crippen molar-refractivity contribution in [3.05, 3.63) is 65.7 Å². The second kappa shape index (κ2) is 10.9. The van der Waals surface area contributed by atoms with Crippen molar-refractivity contribution in [3.63, 3.8) is 0 Å². The van der Waals surface area contributed by atoms with Gasteiger partial charge in [0, 0.05) is 45.6 Å². The summed E-state index contributed by atoms with van der Waals surface area (Å²) in [5.41, 5.74) is 1.37. The Morgan fingerprint density at radius 2 is 1.68 bits per heavy atom. The highest BCUT2D eigenvalue weighted by molar-refractivity contribution is 7.90. The van der Waals surface area contributed by atoms with Crippen molar-refractivity contribution in [2.24, 2.45) is 17.8 Å². The van der Waals surface area contributed by atoms with Crippen LogP contribution in [0.1, 0.15) is 34.8 Å². The smallest absolute Gasteiger partial charge is 0.255 e. The van der Waals surface area contributed by atoms with Crippen molar-refractivity contribution in [3.8, 4) is 0 Å². The number of amides is 2. The number of likely N-dealkylation sites (tertiary alicyclic amines) is 2. The monoisotopic (exact) mass is 525 g/mol. The molecule has 37 heavy (non-hydrogen) atoms. The summed E-state index contributed by atoms with van der Waals surface area (Å²) in [7, 11) is -3.48. The lowest BCUT2D eigenvalue weighted by molar-refractivity contribution is -0.125. The maximum Gasteiger partial charge on any atom is 0.255 e. The minimum Gasteiger partial charge on any atom is -0.381 e. The molecule has 3 unspecified atom stereocenters. The average molecular weight is 526 g/mol. The highest BCUT2D eigenvalue weighted by Crippen LogP contribution is 2.33. The van der Waals surface area contributed by atoms with Gasteiger partial charge in [-0.15, -0.1) is 0 Å². The largest absolute Gasteiger partial charge is 0.381 e. The number of sulfone groups is 1. The Bertz CT molecular complexity index is 1220. The number of ether oxygens (including phenoxy) is 1. The first-order chi connectivity index (χ1) is 17.8. The molecular weight excluding hydrogens is 490 g/mol. The van der Waals surface area contributed by atoms with Crippen molar-refractivity contribution >= 4 is 21.7 Å². The van der Waals surface area contributed by atoms with Gasteiger partial charge in [-0.25, -0.2) is 8.42 Å². The quantitative estimate of drug-likeness (QED) is 0.569. The van der Waals surface area contributed by atoms with Crippen molar-refractivity contribution in [1.29, 1.82) is 0 Å². The summed E-state index contributed by atoms with van der Waals surface area (Å²) in [6, 6.07) is 16.5. The molecule has 3 aliphatic heterocycles. The van der Waals surface area contributed by atoms with Gasteiger partial charge in [0.1, 0.15) is 0 Å². The molecule has 3 fully saturated rings. The number of carbonyl (C=O) groups is 2. The molecule has 9 heteroatoms. The van der Waals surface area contributed by atoms with Crippen LogP contribution in [0.3, 0.4) is 0 Å². The van der Waals surface area contributed by atoms with Crippen LogP contribution in [0.25, 0.3) is 0 Å². The van der Waals surface area contributed by atoms with Crippen LogP contribution in [0, 0.1) is 17.8 Å². The maximum atomic E-state index is 13.2. The van der Waals surface area contributed by atoms with E-state index < -0.39 is 9.84 Å². The highest BCUT2D eigenvalue weighted by atomic mass is 32.2. The molecule has 0 radical (unpaired) electrons. The fraction of sp³-hybridized carbons (Fsp3) is 0.500. The van der Waals surface area contributed by atoms with Crippen LogP contribution in [0.4, 0.5) is 0 Å². The Balaban J connectivity index is 1.18. The summed E-state index contributed by atoms with van der Waals surface area (Å²) >= 11 is 0. The molecule has 5 rings (SSSR count). The molecule has 2 aromatic carbocycles. The summed E-state index contributed by atoms with van der Waals surface area (Å²) in [5.74, 6) is 0.524. The van der Waals surface area contributed by atoms with E-state index in [9.17, 15) is 18.0 Å². The number of carbonyl (C=O) groups excluding carboxylic acids is 2. The van der Waals surface area contributed by atoms with Gasteiger partial charge in [-0.2, -0.15) is 0 Å². The van der Waals surface area contributed by atoms with Crippen molar-refractivity contribution in [2.45, 2.75) is 23.8 Å². The molecule has 0 aromatic heterocycles. The number of hydrogen-bond acceptors (Lipinski definition) is 6. The van der Waals surface area contributed by atoms with E-state index in [1.807, 2.05) is 23.1 Å². The molecule has 0 bridgehead atoms. The Kier molecular flexibility index (Phi) is 7.65. The van der Waals surface area contributed by atoms with E-state index in [0.717, 1.165) is 44.3 Å². The Labute approximate surface area is 218 Å². The van der Waals surface area contributed by atoms with E-state index in [0.29, 0.717) is 38.1 Å². The van der Waals surface area contributed by atoms with E-state index in [1.165, 1.54) is 6.07 Å². The van der Waals surface area contributed by atoms with Crippen LogP contribution < -0.4 is 5.32 Å². The third kappa shape index (κ3) is 5.89. The second-order valence-corrected chi connectivity index (χ2v) is 12.6. The van der Waals surface area contributed by atoms with Gasteiger partial charge in [-0.1, -0.05) is 42.5 Å². The van der Waals surface area contributed by atoms with E-state index in [4.69, 9.17) is 4.74 Å². The van der Waals surface area contributed by atoms with Gasteiger partial charge in [0.25, 0.3) is 5.91 Å². The molecule has 1 N–H and O–H groups in total. The van der Waals surface area contributed by atoms with Gasteiger partial charge < -0.3 is 19.9 Å². The fourth-order valence-electron chi connectivity index (χ4n) is 5.93. The van der Waals surface area contributed by atoms with E-state index in [1.54, 1.807) is 18.2 Å². The zero-order chi connectivity index (χ0) is 26.0. The van der Waals surface area contributed by atoms with Crippen LogP contribution in [0.5, 0.6) is 0 Å². The van der Waals surface area contributed by atoms with Crippen molar-refractivity contribution < 1.29 is 22.7 Å². The van der Waals surface area contributed by atoms with Crippen molar-refractivity contribution in [1.82, 2.24) is 15.1 Å². The third-order valence-electron chi connectivity index (χ3n) is 7.92. The highest BCUT2D eigenvalue weighted by Gasteiger charge is 2.42. The van der Waals surface area contributed by atoms with Crippen LogP contribution in [-0.4, -0.2) is 82.2 Å². The Hall–Kier alpha value is -2.75. The minimum atomic E-state index is -3.48. The lowest BCUT2D eigenvalue weighted by Gasteiger charge is -2.25. The lowest BCUT2D eigenvalue weighted by atomic mass is 10.0. The van der Waals surface area contributed by atoms with Gasteiger partial charge >= 0.3 is 0 Å². The molecule has 0 spiro atoms. The number of nitrogens with one attached hydrogen (secondary N) is 1. The molecule has 3 heterocycles. The molecule has 4 atom stereocenters. The summed E-state index contributed by atoms with van der Waals surface area (Å²) in [6.45, 7) is 5.06. The molecule has 8 nitrogen and oxygen atoms in total. The molecule has 0 saturated carbocycles. The molecule has 198 valence electrons. The van der Waals surface area contributed by atoms with Gasteiger partial charge in [0.2, 0.25) is 5.91 Å². The SMILES string of the molecule is CS(=O)(=O)c1ccccc1C(=O)N1CC2CN(CCC(NC(=O)C3CCOC3)c3ccccc3)C[C@H]2C1. The predicted octanol–water partition coefficient (Wildman–Crippen LogP) is 2.38. The zero-order valence-corrected chi connectivity index (χ0v) is 22.0. The van der Waals surface area contributed by atoms with Gasteiger partial charge in [-0.3, -0.25) is 9.59 Å². The van der Waals surface area contributed by atoms with Crippen LogP contribution >= 0.6 is 0 Å². The van der Waals surface area contributed by atoms with Crippen LogP contribution in [0.2, 0.25) is 0 Å². The second-order valence-electron chi connectivity index (χ2n) is 10.6. The normalized spacial score (nSPS) is 24.7. The van der Waals surface area contributed by atoms with Gasteiger partial charge in [0.05, 0.1) is 29.0 Å².